The number of fused-ring (bicyclic) bond motifs is 2. The van der Waals surface area contributed by atoms with E-state index in [0.717, 1.165) is 46.7 Å². The molecule has 0 saturated carbocycles. The van der Waals surface area contributed by atoms with Crippen molar-refractivity contribution in [2.24, 2.45) is 0 Å². The van der Waals surface area contributed by atoms with Crippen LogP contribution < -0.4 is 15.4 Å². The molecule has 4 heterocycles. The van der Waals surface area contributed by atoms with E-state index < -0.39 is 0 Å². The van der Waals surface area contributed by atoms with Gasteiger partial charge in [-0.3, -0.25) is 0 Å². The Morgan fingerprint density at radius 3 is 2.79 bits per heavy atom. The molecule has 0 aliphatic carbocycles. The third-order valence-corrected chi connectivity index (χ3v) is 8.36. The van der Waals surface area contributed by atoms with Gasteiger partial charge in [-0.15, -0.1) is 21.5 Å². The number of ether oxygens (including phenoxy) is 2. The van der Waals surface area contributed by atoms with E-state index in [4.69, 9.17) is 9.47 Å². The Morgan fingerprint density at radius 1 is 0.976 bits per heavy atom. The fourth-order valence-corrected chi connectivity index (χ4v) is 6.06. The summed E-state index contributed by atoms with van der Waals surface area (Å²) in [7, 11) is 0. The number of pyridine rings is 1. The van der Waals surface area contributed by atoms with Crippen LogP contribution in [-0.2, 0) is 17.7 Å². The van der Waals surface area contributed by atoms with Crippen LogP contribution in [0.5, 0.6) is 5.75 Å². The van der Waals surface area contributed by atoms with Gasteiger partial charge in [0.25, 0.3) is 0 Å². The third-order valence-electron chi connectivity index (χ3n) is 7.44. The Labute approximate surface area is 249 Å². The van der Waals surface area contributed by atoms with Crippen LogP contribution in [-0.4, -0.2) is 48.1 Å². The fourth-order valence-electron chi connectivity index (χ4n) is 5.17. The van der Waals surface area contributed by atoms with E-state index in [2.05, 4.69) is 70.0 Å². The van der Waals surface area contributed by atoms with E-state index in [-0.39, 0.29) is 12.4 Å². The van der Waals surface area contributed by atoms with E-state index in [1.807, 2.05) is 17.6 Å². The highest BCUT2D eigenvalue weighted by Crippen LogP contribution is 2.39. The number of nitrogens with zero attached hydrogens (tertiary/aromatic N) is 3. The highest BCUT2D eigenvalue weighted by Gasteiger charge is 2.19. The summed E-state index contributed by atoms with van der Waals surface area (Å²) in [5.74, 6) is 1.33. The second-order valence-corrected chi connectivity index (χ2v) is 11.5. The molecule has 0 amide bonds. The van der Waals surface area contributed by atoms with Gasteiger partial charge in [0, 0.05) is 41.9 Å². The smallest absolute Gasteiger partial charge is 0.131 e. The first-order valence-electron chi connectivity index (χ1n) is 14.3. The van der Waals surface area contributed by atoms with Gasteiger partial charge in [0.05, 0.1) is 17.9 Å². The van der Waals surface area contributed by atoms with Crippen LogP contribution in [0.25, 0.3) is 32.6 Å². The second-order valence-electron chi connectivity index (χ2n) is 10.6. The number of anilines is 1. The van der Waals surface area contributed by atoms with E-state index in [0.29, 0.717) is 42.7 Å². The Morgan fingerprint density at radius 2 is 1.88 bits per heavy atom. The summed E-state index contributed by atoms with van der Waals surface area (Å²) in [5, 5.41) is 19.1. The molecule has 6 rings (SSSR count). The number of rotatable bonds is 11. The van der Waals surface area contributed by atoms with Crippen molar-refractivity contribution in [2.75, 3.05) is 38.2 Å². The number of nitrogens with one attached hydrogen (secondary N) is 2. The quantitative estimate of drug-likeness (QED) is 0.165. The van der Waals surface area contributed by atoms with Crippen molar-refractivity contribution in [3.05, 3.63) is 88.7 Å². The van der Waals surface area contributed by atoms with Crippen molar-refractivity contribution < 1.29 is 13.9 Å². The van der Waals surface area contributed by atoms with Gasteiger partial charge >= 0.3 is 0 Å². The molecule has 0 saturated heterocycles. The van der Waals surface area contributed by atoms with Crippen LogP contribution >= 0.6 is 11.3 Å². The molecule has 2 N–H and O–H groups in total. The van der Waals surface area contributed by atoms with Gasteiger partial charge < -0.3 is 20.1 Å². The Bertz CT molecular complexity index is 1690. The molecular formula is C33H34FN5O2S. The number of thiophene rings is 1. The van der Waals surface area contributed by atoms with Gasteiger partial charge in [0.2, 0.25) is 0 Å². The minimum atomic E-state index is -0.370. The Balaban J connectivity index is 1.12. The minimum absolute atomic E-state index is 0.278. The molecule has 0 spiro atoms. The Kier molecular flexibility index (Phi) is 8.69. The van der Waals surface area contributed by atoms with Gasteiger partial charge in [0.1, 0.15) is 35.4 Å². The first kappa shape index (κ1) is 28.2. The van der Waals surface area contributed by atoms with Crippen molar-refractivity contribution in [3.63, 3.8) is 0 Å². The SMILES string of the molecule is CC(C)c1ccnc(NCCOCCOc2cc(F)ccc2-c2nnc(-c3ccc4c(c3)CCNC4)c3ccsc23)c1. The summed E-state index contributed by atoms with van der Waals surface area (Å²) < 4.78 is 27.1. The molecule has 42 heavy (non-hydrogen) atoms. The molecule has 3 aromatic heterocycles. The number of hydrogen-bond acceptors (Lipinski definition) is 8. The second kappa shape index (κ2) is 12.9. The molecule has 216 valence electrons. The minimum Gasteiger partial charge on any atom is -0.490 e. The largest absolute Gasteiger partial charge is 0.490 e. The summed E-state index contributed by atoms with van der Waals surface area (Å²) in [6.45, 7) is 7.96. The predicted octanol–water partition coefficient (Wildman–Crippen LogP) is 6.84. The molecule has 0 bridgehead atoms. The van der Waals surface area contributed by atoms with Crippen molar-refractivity contribution in [2.45, 2.75) is 32.7 Å². The highest BCUT2D eigenvalue weighted by atomic mass is 32.1. The molecule has 2 aromatic carbocycles. The van der Waals surface area contributed by atoms with Crippen LogP contribution in [0.4, 0.5) is 10.2 Å². The third kappa shape index (κ3) is 6.28. The van der Waals surface area contributed by atoms with Crippen molar-refractivity contribution >= 4 is 27.2 Å². The van der Waals surface area contributed by atoms with Gasteiger partial charge in [-0.2, -0.15) is 0 Å². The molecule has 1 aliphatic heterocycles. The lowest BCUT2D eigenvalue weighted by atomic mass is 9.96. The topological polar surface area (TPSA) is 81.2 Å². The standard InChI is InChI=1S/C33H34FN5O2S/c1-21(2)22-8-11-36-30(18-22)37-12-13-40-14-15-41-29-19-26(34)5-6-27(29)32-33-28(9-16-42-33)31(38-39-32)24-3-4-25-20-35-10-7-23(25)17-24/h3-6,8-9,11,16-19,21,35H,7,10,12-15,20H2,1-2H3,(H,36,37). The monoisotopic (exact) mass is 583 g/mol. The average Bonchev–Trinajstić information content (AvgIpc) is 3.51. The zero-order valence-corrected chi connectivity index (χ0v) is 24.6. The van der Waals surface area contributed by atoms with E-state index in [1.54, 1.807) is 17.4 Å². The van der Waals surface area contributed by atoms with Gasteiger partial charge in [-0.1, -0.05) is 26.0 Å². The maximum atomic E-state index is 14.3. The summed E-state index contributed by atoms with van der Waals surface area (Å²) in [5.41, 5.74) is 7.23. The van der Waals surface area contributed by atoms with Crippen molar-refractivity contribution in [1.29, 1.82) is 0 Å². The number of hydrogen-bond donors (Lipinski definition) is 2. The lowest BCUT2D eigenvalue weighted by molar-refractivity contribution is 0.107. The number of benzene rings is 2. The van der Waals surface area contributed by atoms with Crippen LogP contribution in [0, 0.1) is 5.82 Å². The van der Waals surface area contributed by atoms with E-state index in [1.165, 1.54) is 28.8 Å². The Hall–Kier alpha value is -3.92. The summed E-state index contributed by atoms with van der Waals surface area (Å²) in [4.78, 5) is 4.36. The molecule has 5 aromatic rings. The van der Waals surface area contributed by atoms with Crippen LogP contribution in [0.3, 0.4) is 0 Å². The molecular weight excluding hydrogens is 549 g/mol. The molecule has 0 fully saturated rings. The number of aromatic nitrogens is 3. The summed E-state index contributed by atoms with van der Waals surface area (Å²) in [6.07, 6.45) is 2.82. The molecule has 9 heteroatoms. The maximum absolute atomic E-state index is 14.3. The maximum Gasteiger partial charge on any atom is 0.131 e. The zero-order chi connectivity index (χ0) is 28.9. The summed E-state index contributed by atoms with van der Waals surface area (Å²) in [6, 6.07) is 17.2. The van der Waals surface area contributed by atoms with E-state index in [9.17, 15) is 4.39 Å². The average molecular weight is 584 g/mol. The van der Waals surface area contributed by atoms with Crippen LogP contribution in [0.2, 0.25) is 0 Å². The molecule has 0 radical (unpaired) electrons. The molecule has 7 nitrogen and oxygen atoms in total. The van der Waals surface area contributed by atoms with E-state index >= 15 is 0 Å². The predicted molar refractivity (Wildman–Crippen MR) is 167 cm³/mol. The summed E-state index contributed by atoms with van der Waals surface area (Å²) >= 11 is 1.60. The lowest BCUT2D eigenvalue weighted by Crippen LogP contribution is -2.23. The lowest BCUT2D eigenvalue weighted by Gasteiger charge is -2.18. The van der Waals surface area contributed by atoms with Crippen LogP contribution in [0.15, 0.2) is 66.2 Å². The normalized spacial score (nSPS) is 13.0. The highest BCUT2D eigenvalue weighted by molar-refractivity contribution is 7.17. The first-order valence-corrected chi connectivity index (χ1v) is 15.2. The van der Waals surface area contributed by atoms with Crippen molar-refractivity contribution in [1.82, 2.24) is 20.5 Å². The van der Waals surface area contributed by atoms with Crippen molar-refractivity contribution in [3.8, 4) is 28.3 Å². The van der Waals surface area contributed by atoms with Gasteiger partial charge in [-0.05, 0) is 77.4 Å². The molecule has 1 aliphatic rings. The number of halogens is 1. The first-order chi connectivity index (χ1) is 20.6. The molecule has 0 unspecified atom stereocenters. The molecule has 0 atom stereocenters. The fraction of sp³-hybridized carbons (Fsp3) is 0.303. The van der Waals surface area contributed by atoms with Gasteiger partial charge in [0.15, 0.2) is 0 Å². The van der Waals surface area contributed by atoms with Gasteiger partial charge in [-0.25, -0.2) is 9.37 Å². The van der Waals surface area contributed by atoms with Crippen LogP contribution in [0.1, 0.15) is 36.5 Å². The zero-order valence-electron chi connectivity index (χ0n) is 23.8.